The van der Waals surface area contributed by atoms with Crippen LogP contribution < -0.4 is 4.90 Å². The summed E-state index contributed by atoms with van der Waals surface area (Å²) in [6.45, 7) is 0. The fourth-order valence-electron chi connectivity index (χ4n) is 5.67. The molecule has 1 aliphatic carbocycles. The van der Waals surface area contributed by atoms with E-state index >= 15 is 4.39 Å². The predicted octanol–water partition coefficient (Wildman–Crippen LogP) is 8.15. The van der Waals surface area contributed by atoms with E-state index in [1.54, 1.807) is 0 Å². The van der Waals surface area contributed by atoms with Crippen LogP contribution in [-0.4, -0.2) is 14.1 Å². The molecule has 0 aliphatic heterocycles. The topological polar surface area (TPSA) is 3.24 Å². The van der Waals surface area contributed by atoms with Gasteiger partial charge in [0.2, 0.25) is 0 Å². The quantitative estimate of drug-likeness (QED) is 0.194. The Morgan fingerprint density at radius 3 is 2.03 bits per heavy atom. The fourth-order valence-corrected chi connectivity index (χ4v) is 5.67. The Kier molecular flexibility index (Phi) is 3.37. The first-order valence-corrected chi connectivity index (χ1v) is 10.9. The van der Waals surface area contributed by atoms with Crippen LogP contribution in [0.3, 0.4) is 0 Å². The van der Waals surface area contributed by atoms with Crippen LogP contribution in [-0.2, 0) is 0 Å². The van der Waals surface area contributed by atoms with Gasteiger partial charge < -0.3 is 4.90 Å². The lowest BCUT2D eigenvalue weighted by atomic mass is 9.92. The Morgan fingerprint density at radius 2 is 1.25 bits per heavy atom. The first-order chi connectivity index (χ1) is 15.6. The summed E-state index contributed by atoms with van der Waals surface area (Å²) in [4.78, 5) is 2.14. The molecule has 0 saturated heterocycles. The average molecular weight is 413 g/mol. The van der Waals surface area contributed by atoms with E-state index in [9.17, 15) is 0 Å². The number of hydrogen-bond donors (Lipinski definition) is 0. The minimum absolute atomic E-state index is 0.141. The molecule has 32 heavy (non-hydrogen) atoms. The highest BCUT2D eigenvalue weighted by Crippen LogP contribution is 2.55. The minimum Gasteiger partial charge on any atom is -0.377 e. The van der Waals surface area contributed by atoms with E-state index in [-0.39, 0.29) is 5.82 Å². The molecule has 0 saturated carbocycles. The molecule has 6 aromatic carbocycles. The van der Waals surface area contributed by atoms with Crippen LogP contribution in [0.25, 0.3) is 65.3 Å². The second-order valence-corrected chi connectivity index (χ2v) is 8.92. The van der Waals surface area contributed by atoms with Gasteiger partial charge in [0.25, 0.3) is 0 Å². The van der Waals surface area contributed by atoms with E-state index < -0.39 is 0 Å². The monoisotopic (exact) mass is 413 g/mol. The second-order valence-electron chi connectivity index (χ2n) is 8.92. The smallest absolute Gasteiger partial charge is 0.138 e. The van der Waals surface area contributed by atoms with Crippen LogP contribution >= 0.6 is 0 Å². The molecule has 0 fully saturated rings. The standard InChI is InChI=1S/C30H20FN/c1-32(2)30-25-14-18-9-4-6-11-20(18)29(31)24(25)16-23-22-13-7-12-21-19-10-5-3-8-17(19)15-26(27(21)22)28(23)30/h3-16H,1-2H3. The van der Waals surface area contributed by atoms with Crippen molar-refractivity contribution < 1.29 is 4.39 Å². The number of hydrogen-bond acceptors (Lipinski definition) is 1. The average Bonchev–Trinajstić information content (AvgIpc) is 3.12. The molecule has 1 aliphatic rings. The largest absolute Gasteiger partial charge is 0.377 e. The maximum absolute atomic E-state index is 15.8. The molecule has 6 aromatic rings. The Hall–Kier alpha value is -3.91. The highest BCUT2D eigenvalue weighted by Gasteiger charge is 2.28. The molecular formula is C30H20FN. The van der Waals surface area contributed by atoms with Crippen LogP contribution in [0.2, 0.25) is 0 Å². The first-order valence-electron chi connectivity index (χ1n) is 10.9. The number of anilines is 1. The molecule has 2 heteroatoms. The van der Waals surface area contributed by atoms with Crippen molar-refractivity contribution in [3.8, 4) is 22.3 Å². The molecule has 0 unspecified atom stereocenters. The van der Waals surface area contributed by atoms with Gasteiger partial charge in [-0.05, 0) is 61.8 Å². The van der Waals surface area contributed by atoms with Crippen LogP contribution in [0.1, 0.15) is 0 Å². The summed E-state index contributed by atoms with van der Waals surface area (Å²) in [6, 6.07) is 29.3. The van der Waals surface area contributed by atoms with Crippen molar-refractivity contribution in [2.75, 3.05) is 19.0 Å². The SMILES string of the molecule is CN(C)c1c2c(cc3c(F)c4ccccc4cc13)-c1cccc3c1c-2cc1ccccc13. The van der Waals surface area contributed by atoms with Gasteiger partial charge in [-0.3, -0.25) is 0 Å². The molecular weight excluding hydrogens is 393 g/mol. The summed E-state index contributed by atoms with van der Waals surface area (Å²) in [5, 5.41) is 8.25. The zero-order valence-electron chi connectivity index (χ0n) is 17.9. The van der Waals surface area contributed by atoms with Crippen molar-refractivity contribution in [3.63, 3.8) is 0 Å². The van der Waals surface area contributed by atoms with Crippen LogP contribution in [0.15, 0.2) is 84.9 Å². The fraction of sp³-hybridized carbons (Fsp3) is 0.0667. The van der Waals surface area contributed by atoms with Crippen molar-refractivity contribution in [3.05, 3.63) is 90.7 Å². The lowest BCUT2D eigenvalue weighted by molar-refractivity contribution is 0.651. The molecule has 0 atom stereocenters. The highest BCUT2D eigenvalue weighted by atomic mass is 19.1. The number of nitrogens with zero attached hydrogens (tertiary/aromatic N) is 1. The summed E-state index contributed by atoms with van der Waals surface area (Å²) in [6.07, 6.45) is 0. The zero-order chi connectivity index (χ0) is 21.6. The molecule has 7 rings (SSSR count). The summed E-state index contributed by atoms with van der Waals surface area (Å²) >= 11 is 0. The number of benzene rings is 6. The summed E-state index contributed by atoms with van der Waals surface area (Å²) in [7, 11) is 4.12. The third-order valence-electron chi connectivity index (χ3n) is 6.96. The molecule has 0 heterocycles. The van der Waals surface area contributed by atoms with Crippen molar-refractivity contribution in [2.45, 2.75) is 0 Å². The van der Waals surface area contributed by atoms with E-state index in [2.05, 4.69) is 79.7 Å². The van der Waals surface area contributed by atoms with E-state index in [1.165, 1.54) is 38.2 Å². The van der Waals surface area contributed by atoms with E-state index in [0.29, 0.717) is 10.8 Å². The van der Waals surface area contributed by atoms with Gasteiger partial charge in [-0.25, -0.2) is 4.39 Å². The van der Waals surface area contributed by atoms with E-state index in [1.807, 2.05) is 24.3 Å². The van der Waals surface area contributed by atoms with E-state index in [4.69, 9.17) is 0 Å². The molecule has 0 spiro atoms. The van der Waals surface area contributed by atoms with Gasteiger partial charge in [0.1, 0.15) is 5.82 Å². The summed E-state index contributed by atoms with van der Waals surface area (Å²) in [5.41, 5.74) is 5.83. The van der Waals surface area contributed by atoms with Gasteiger partial charge in [0.05, 0.1) is 5.69 Å². The molecule has 0 bridgehead atoms. The molecule has 0 aromatic heterocycles. The van der Waals surface area contributed by atoms with Gasteiger partial charge in [0.15, 0.2) is 0 Å². The lowest BCUT2D eigenvalue weighted by Crippen LogP contribution is -2.11. The Morgan fingerprint density at radius 1 is 0.562 bits per heavy atom. The third-order valence-corrected chi connectivity index (χ3v) is 6.96. The van der Waals surface area contributed by atoms with Gasteiger partial charge in [0, 0.05) is 35.8 Å². The van der Waals surface area contributed by atoms with Crippen molar-refractivity contribution in [1.29, 1.82) is 0 Å². The predicted molar refractivity (Wildman–Crippen MR) is 135 cm³/mol. The molecule has 1 nitrogen and oxygen atoms in total. The zero-order valence-corrected chi connectivity index (χ0v) is 17.9. The normalized spacial score (nSPS) is 12.2. The van der Waals surface area contributed by atoms with Gasteiger partial charge in [-0.2, -0.15) is 0 Å². The summed E-state index contributed by atoms with van der Waals surface area (Å²) in [5.74, 6) is -0.141. The van der Waals surface area contributed by atoms with Crippen LogP contribution in [0, 0.1) is 5.82 Å². The highest BCUT2D eigenvalue weighted by molar-refractivity contribution is 6.27. The number of rotatable bonds is 1. The van der Waals surface area contributed by atoms with E-state index in [0.717, 1.165) is 22.0 Å². The van der Waals surface area contributed by atoms with Crippen LogP contribution in [0.5, 0.6) is 0 Å². The Balaban J connectivity index is 1.74. The maximum atomic E-state index is 15.8. The van der Waals surface area contributed by atoms with Gasteiger partial charge in [-0.1, -0.05) is 66.7 Å². The minimum atomic E-state index is -0.141. The Labute approximate surface area is 185 Å². The molecule has 0 N–H and O–H groups in total. The van der Waals surface area contributed by atoms with Gasteiger partial charge in [-0.15, -0.1) is 0 Å². The number of halogens is 1. The molecule has 152 valence electrons. The lowest BCUT2D eigenvalue weighted by Gasteiger charge is -2.22. The molecule has 0 amide bonds. The van der Waals surface area contributed by atoms with Crippen molar-refractivity contribution in [2.24, 2.45) is 0 Å². The Bertz CT molecular complexity index is 1760. The second kappa shape index (κ2) is 6.08. The van der Waals surface area contributed by atoms with Crippen molar-refractivity contribution in [1.82, 2.24) is 0 Å². The maximum Gasteiger partial charge on any atom is 0.138 e. The van der Waals surface area contributed by atoms with Crippen LogP contribution in [0.4, 0.5) is 10.1 Å². The molecule has 0 radical (unpaired) electrons. The third kappa shape index (κ3) is 2.12. The van der Waals surface area contributed by atoms with Gasteiger partial charge >= 0.3 is 0 Å². The van der Waals surface area contributed by atoms with Crippen molar-refractivity contribution >= 4 is 48.8 Å². The first kappa shape index (κ1) is 17.7. The number of fused-ring (bicyclic) bond motifs is 7. The summed E-state index contributed by atoms with van der Waals surface area (Å²) < 4.78 is 15.8.